The van der Waals surface area contributed by atoms with Gasteiger partial charge in [0.2, 0.25) is 0 Å². The minimum absolute atomic E-state index is 0.499. The summed E-state index contributed by atoms with van der Waals surface area (Å²) in [7, 11) is -0.387. The van der Waals surface area contributed by atoms with E-state index in [4.69, 9.17) is 17.5 Å². The number of hydrogen-bond acceptors (Lipinski definition) is 5. The van der Waals surface area contributed by atoms with Gasteiger partial charge in [-0.1, -0.05) is 36.0 Å². The fourth-order valence-corrected chi connectivity index (χ4v) is 3.50. The van der Waals surface area contributed by atoms with Crippen LogP contribution in [-0.2, 0) is 10.4 Å². The predicted octanol–water partition coefficient (Wildman–Crippen LogP) is 3.59. The van der Waals surface area contributed by atoms with Crippen molar-refractivity contribution in [1.29, 1.82) is 0 Å². The summed E-state index contributed by atoms with van der Waals surface area (Å²) in [5.74, 6) is 0. The highest BCUT2D eigenvalue weighted by Gasteiger charge is 2.24. The standard InChI is InChI=1S/C17H20N2S.H2O4S/c1-13(18(2)3)12-19-14-8-4-6-10-16(14)20-17-11-7-5-9-15(17)19;1-5(2,3)4/h4-11,13H,12H2,1-3H3;(H2,1,2,3,4). The SMILES string of the molecule is CC(CN1c2ccccc2Sc2ccccc21)N(C)C.O=S(=O)(O)O. The van der Waals surface area contributed by atoms with Crippen LogP contribution in [0.5, 0.6) is 0 Å². The Kier molecular flexibility index (Phi) is 6.47. The van der Waals surface area contributed by atoms with E-state index in [9.17, 15) is 0 Å². The molecule has 136 valence electrons. The van der Waals surface area contributed by atoms with E-state index >= 15 is 0 Å². The first-order valence-electron chi connectivity index (χ1n) is 7.66. The number of benzene rings is 2. The van der Waals surface area contributed by atoms with Gasteiger partial charge in [-0.2, -0.15) is 8.42 Å². The maximum Gasteiger partial charge on any atom is 0.394 e. The van der Waals surface area contributed by atoms with Crippen molar-refractivity contribution in [1.82, 2.24) is 4.90 Å². The van der Waals surface area contributed by atoms with Crippen LogP contribution in [0.4, 0.5) is 11.4 Å². The predicted molar refractivity (Wildman–Crippen MR) is 101 cm³/mol. The molecule has 0 bridgehead atoms. The Hall–Kier alpha value is -1.58. The zero-order valence-corrected chi connectivity index (χ0v) is 16.0. The average Bonchev–Trinajstić information content (AvgIpc) is 2.52. The van der Waals surface area contributed by atoms with Gasteiger partial charge < -0.3 is 9.80 Å². The van der Waals surface area contributed by atoms with Crippen molar-refractivity contribution in [3.8, 4) is 0 Å². The van der Waals surface area contributed by atoms with Gasteiger partial charge in [-0.3, -0.25) is 9.11 Å². The molecular weight excluding hydrogens is 360 g/mol. The fraction of sp³-hybridized carbons (Fsp3) is 0.294. The first-order chi connectivity index (χ1) is 11.7. The quantitative estimate of drug-likeness (QED) is 0.785. The molecule has 25 heavy (non-hydrogen) atoms. The van der Waals surface area contributed by atoms with Crippen LogP contribution in [0.3, 0.4) is 0 Å². The molecule has 3 rings (SSSR count). The highest BCUT2D eigenvalue weighted by molar-refractivity contribution is 7.99. The number of rotatable bonds is 3. The molecule has 0 radical (unpaired) electrons. The molecule has 6 nitrogen and oxygen atoms in total. The first kappa shape index (κ1) is 19.7. The molecule has 0 spiro atoms. The molecule has 0 aromatic heterocycles. The molecule has 2 N–H and O–H groups in total. The van der Waals surface area contributed by atoms with Gasteiger partial charge in [-0.05, 0) is 45.3 Å². The Morgan fingerprint density at radius 2 is 1.40 bits per heavy atom. The zero-order valence-electron chi connectivity index (χ0n) is 14.3. The Bertz CT molecular complexity index is 771. The van der Waals surface area contributed by atoms with Crippen molar-refractivity contribution in [3.05, 3.63) is 48.5 Å². The zero-order chi connectivity index (χ0) is 18.6. The normalized spacial score (nSPS) is 14.2. The molecule has 1 heterocycles. The lowest BCUT2D eigenvalue weighted by atomic mass is 10.2. The Morgan fingerprint density at radius 1 is 1.00 bits per heavy atom. The van der Waals surface area contributed by atoms with Gasteiger partial charge in [0.05, 0.1) is 11.4 Å². The summed E-state index contributed by atoms with van der Waals surface area (Å²) in [6.07, 6.45) is 0. The molecule has 8 heteroatoms. The van der Waals surface area contributed by atoms with E-state index in [1.807, 2.05) is 11.8 Å². The van der Waals surface area contributed by atoms with E-state index in [2.05, 4.69) is 79.3 Å². The molecule has 0 saturated heterocycles. The van der Waals surface area contributed by atoms with Crippen LogP contribution in [-0.4, -0.2) is 49.1 Å². The van der Waals surface area contributed by atoms with Gasteiger partial charge in [0, 0.05) is 22.4 Å². The molecule has 0 fully saturated rings. The summed E-state index contributed by atoms with van der Waals surface area (Å²) < 4.78 is 31.6. The second kappa shape index (κ2) is 8.20. The number of nitrogens with zero attached hydrogens (tertiary/aromatic N) is 2. The van der Waals surface area contributed by atoms with E-state index < -0.39 is 10.4 Å². The van der Waals surface area contributed by atoms with Crippen molar-refractivity contribution in [2.75, 3.05) is 25.5 Å². The van der Waals surface area contributed by atoms with Gasteiger partial charge in [-0.25, -0.2) is 0 Å². The molecular formula is C17H22N2O4S2. The van der Waals surface area contributed by atoms with Crippen LogP contribution in [0.25, 0.3) is 0 Å². The smallest absolute Gasteiger partial charge is 0.338 e. The summed E-state index contributed by atoms with van der Waals surface area (Å²) >= 11 is 1.87. The molecule has 1 unspecified atom stereocenters. The summed E-state index contributed by atoms with van der Waals surface area (Å²) in [5, 5.41) is 0. The van der Waals surface area contributed by atoms with Crippen molar-refractivity contribution in [2.45, 2.75) is 22.8 Å². The largest absolute Gasteiger partial charge is 0.394 e. The summed E-state index contributed by atoms with van der Waals surface area (Å²) in [6.45, 7) is 3.27. The second-order valence-corrected chi connectivity index (χ2v) is 7.89. The summed E-state index contributed by atoms with van der Waals surface area (Å²) in [6, 6.07) is 17.9. The molecule has 1 aliphatic heterocycles. The van der Waals surface area contributed by atoms with Crippen molar-refractivity contribution < 1.29 is 17.5 Å². The van der Waals surface area contributed by atoms with Gasteiger partial charge in [0.25, 0.3) is 0 Å². The highest BCUT2D eigenvalue weighted by atomic mass is 32.3. The number of para-hydroxylation sites is 2. The number of hydrogen-bond donors (Lipinski definition) is 2. The summed E-state index contributed by atoms with van der Waals surface area (Å²) in [5.41, 5.74) is 2.65. The van der Waals surface area contributed by atoms with Crippen molar-refractivity contribution >= 4 is 33.5 Å². The maximum atomic E-state index is 8.74. The van der Waals surface area contributed by atoms with Crippen LogP contribution in [0.2, 0.25) is 0 Å². The van der Waals surface area contributed by atoms with Crippen LogP contribution >= 0.6 is 11.8 Å². The minimum atomic E-state index is -4.67. The topological polar surface area (TPSA) is 81.1 Å². The molecule has 1 aliphatic rings. The molecule has 2 aromatic carbocycles. The third-order valence-corrected chi connectivity index (χ3v) is 4.99. The second-order valence-electron chi connectivity index (χ2n) is 5.91. The van der Waals surface area contributed by atoms with E-state index in [1.54, 1.807) is 0 Å². The van der Waals surface area contributed by atoms with Crippen LogP contribution in [0, 0.1) is 0 Å². The maximum absolute atomic E-state index is 8.74. The molecule has 1 atom stereocenters. The third-order valence-electron chi connectivity index (χ3n) is 3.86. The van der Waals surface area contributed by atoms with E-state index in [-0.39, 0.29) is 0 Å². The highest BCUT2D eigenvalue weighted by Crippen LogP contribution is 2.47. The lowest BCUT2D eigenvalue weighted by Gasteiger charge is -2.36. The van der Waals surface area contributed by atoms with Gasteiger partial charge in [0.15, 0.2) is 0 Å². The van der Waals surface area contributed by atoms with E-state index in [0.717, 1.165) is 6.54 Å². The lowest BCUT2D eigenvalue weighted by Crippen LogP contribution is -2.37. The number of fused-ring (bicyclic) bond motifs is 2. The first-order valence-corrected chi connectivity index (χ1v) is 9.88. The van der Waals surface area contributed by atoms with Crippen LogP contribution < -0.4 is 4.90 Å². The van der Waals surface area contributed by atoms with Gasteiger partial charge >= 0.3 is 10.4 Å². The minimum Gasteiger partial charge on any atom is -0.338 e. The van der Waals surface area contributed by atoms with E-state index in [0.29, 0.717) is 6.04 Å². The number of anilines is 2. The van der Waals surface area contributed by atoms with E-state index in [1.165, 1.54) is 21.2 Å². The third kappa shape index (κ3) is 5.72. The number of likely N-dealkylation sites (N-methyl/N-ethyl adjacent to an activating group) is 1. The van der Waals surface area contributed by atoms with Crippen molar-refractivity contribution in [2.24, 2.45) is 0 Å². The molecule has 0 aliphatic carbocycles. The fourth-order valence-electron chi connectivity index (χ4n) is 2.41. The van der Waals surface area contributed by atoms with Crippen LogP contribution in [0.1, 0.15) is 6.92 Å². The Labute approximate surface area is 153 Å². The molecule has 0 amide bonds. The summed E-state index contributed by atoms with van der Waals surface area (Å²) in [4.78, 5) is 7.41. The van der Waals surface area contributed by atoms with Crippen LogP contribution in [0.15, 0.2) is 58.3 Å². The monoisotopic (exact) mass is 382 g/mol. The van der Waals surface area contributed by atoms with Gasteiger partial charge in [-0.15, -0.1) is 0 Å². The lowest BCUT2D eigenvalue weighted by molar-refractivity contribution is 0.319. The average molecular weight is 383 g/mol. The van der Waals surface area contributed by atoms with Crippen molar-refractivity contribution in [3.63, 3.8) is 0 Å². The molecule has 2 aromatic rings. The Morgan fingerprint density at radius 3 is 1.80 bits per heavy atom. The van der Waals surface area contributed by atoms with Gasteiger partial charge in [0.1, 0.15) is 0 Å². The molecule has 0 saturated carbocycles. The Balaban J connectivity index is 0.000000399.